The van der Waals surface area contributed by atoms with Gasteiger partial charge in [0.15, 0.2) is 0 Å². The van der Waals surface area contributed by atoms with Crippen LogP contribution in [0.2, 0.25) is 0 Å². The molecule has 0 fully saturated rings. The molecule has 2 aromatic carbocycles. The Hall–Kier alpha value is -3.14. The lowest BCUT2D eigenvalue weighted by atomic mass is 10.2. The second-order valence-electron chi connectivity index (χ2n) is 4.62. The molecule has 3 aromatic rings. The van der Waals surface area contributed by atoms with E-state index in [9.17, 15) is 4.79 Å². The lowest BCUT2D eigenvalue weighted by Gasteiger charge is -2.07. The van der Waals surface area contributed by atoms with Gasteiger partial charge in [0.2, 0.25) is 5.88 Å². The van der Waals surface area contributed by atoms with Crippen molar-refractivity contribution in [3.05, 3.63) is 84.6 Å². The van der Waals surface area contributed by atoms with Crippen molar-refractivity contribution in [3.63, 3.8) is 0 Å². The van der Waals surface area contributed by atoms with Crippen LogP contribution < -0.4 is 10.1 Å². The molecule has 108 valence electrons. The molecule has 0 unspecified atom stereocenters. The van der Waals surface area contributed by atoms with Crippen molar-refractivity contribution in [1.82, 2.24) is 4.98 Å². The Morgan fingerprint density at radius 2 is 1.55 bits per heavy atom. The molecule has 0 saturated carbocycles. The standard InChI is InChI=1S/C18H14N2O2/c21-18(14-7-3-1-4-8-14)20-15-11-12-17(19-13-15)22-16-9-5-2-6-10-16/h1-13H,(H,20,21). The van der Waals surface area contributed by atoms with Gasteiger partial charge in [-0.3, -0.25) is 4.79 Å². The second-order valence-corrected chi connectivity index (χ2v) is 4.62. The Morgan fingerprint density at radius 1 is 0.864 bits per heavy atom. The van der Waals surface area contributed by atoms with Gasteiger partial charge in [-0.05, 0) is 30.3 Å². The summed E-state index contributed by atoms with van der Waals surface area (Å²) in [6.07, 6.45) is 1.57. The third-order valence-corrected chi connectivity index (χ3v) is 3.00. The zero-order valence-corrected chi connectivity index (χ0v) is 11.8. The molecule has 0 bridgehead atoms. The first-order chi connectivity index (χ1) is 10.8. The minimum atomic E-state index is -0.167. The predicted octanol–water partition coefficient (Wildman–Crippen LogP) is 4.13. The zero-order valence-electron chi connectivity index (χ0n) is 11.8. The van der Waals surface area contributed by atoms with E-state index in [1.54, 1.807) is 30.5 Å². The minimum absolute atomic E-state index is 0.167. The van der Waals surface area contributed by atoms with Crippen LogP contribution in [0.15, 0.2) is 79.0 Å². The lowest BCUT2D eigenvalue weighted by molar-refractivity contribution is 0.102. The molecule has 3 rings (SSSR count). The first-order valence-electron chi connectivity index (χ1n) is 6.86. The van der Waals surface area contributed by atoms with Crippen molar-refractivity contribution < 1.29 is 9.53 Å². The van der Waals surface area contributed by atoms with E-state index >= 15 is 0 Å². The first-order valence-corrected chi connectivity index (χ1v) is 6.86. The molecule has 0 saturated heterocycles. The van der Waals surface area contributed by atoms with Crippen LogP contribution in [0.3, 0.4) is 0 Å². The molecule has 4 nitrogen and oxygen atoms in total. The molecule has 1 amide bonds. The third kappa shape index (κ3) is 3.49. The van der Waals surface area contributed by atoms with Crippen LogP contribution >= 0.6 is 0 Å². The number of rotatable bonds is 4. The number of benzene rings is 2. The number of aromatic nitrogens is 1. The number of hydrogen-bond acceptors (Lipinski definition) is 3. The quantitative estimate of drug-likeness (QED) is 0.786. The molecule has 1 aromatic heterocycles. The van der Waals surface area contributed by atoms with Crippen LogP contribution in [0.4, 0.5) is 5.69 Å². The summed E-state index contributed by atoms with van der Waals surface area (Å²) in [6.45, 7) is 0. The van der Waals surface area contributed by atoms with Crippen LogP contribution in [0, 0.1) is 0 Å². The van der Waals surface area contributed by atoms with Crippen molar-refractivity contribution in [2.24, 2.45) is 0 Å². The van der Waals surface area contributed by atoms with Gasteiger partial charge in [-0.2, -0.15) is 0 Å². The monoisotopic (exact) mass is 290 g/mol. The maximum Gasteiger partial charge on any atom is 0.255 e. The molecule has 0 aliphatic heterocycles. The SMILES string of the molecule is O=C(Nc1ccc(Oc2ccccc2)nc1)c1ccccc1. The van der Waals surface area contributed by atoms with E-state index in [0.29, 0.717) is 17.1 Å². The fraction of sp³-hybridized carbons (Fsp3) is 0. The second kappa shape index (κ2) is 6.54. The number of carbonyl (C=O) groups is 1. The van der Waals surface area contributed by atoms with Gasteiger partial charge in [0.1, 0.15) is 5.75 Å². The summed E-state index contributed by atoms with van der Waals surface area (Å²) in [4.78, 5) is 16.2. The molecule has 0 spiro atoms. The van der Waals surface area contributed by atoms with E-state index < -0.39 is 0 Å². The number of nitrogens with zero attached hydrogens (tertiary/aromatic N) is 1. The van der Waals surface area contributed by atoms with E-state index in [0.717, 1.165) is 5.75 Å². The number of hydrogen-bond donors (Lipinski definition) is 1. The smallest absolute Gasteiger partial charge is 0.255 e. The highest BCUT2D eigenvalue weighted by Gasteiger charge is 2.05. The Balaban J connectivity index is 1.66. The summed E-state index contributed by atoms with van der Waals surface area (Å²) >= 11 is 0. The number of anilines is 1. The van der Waals surface area contributed by atoms with Crippen molar-refractivity contribution >= 4 is 11.6 Å². The molecule has 1 heterocycles. The average Bonchev–Trinajstić information content (AvgIpc) is 2.58. The van der Waals surface area contributed by atoms with Crippen LogP contribution in [-0.2, 0) is 0 Å². The molecule has 4 heteroatoms. The highest BCUT2D eigenvalue weighted by atomic mass is 16.5. The maximum atomic E-state index is 12.0. The molecular weight excluding hydrogens is 276 g/mol. The van der Waals surface area contributed by atoms with Crippen LogP contribution in [0.5, 0.6) is 11.6 Å². The first kappa shape index (κ1) is 13.8. The Morgan fingerprint density at radius 3 is 2.18 bits per heavy atom. The van der Waals surface area contributed by atoms with E-state index in [-0.39, 0.29) is 5.91 Å². The summed E-state index contributed by atoms with van der Waals surface area (Å²) in [5, 5.41) is 2.79. The fourth-order valence-corrected chi connectivity index (χ4v) is 1.92. The lowest BCUT2D eigenvalue weighted by Crippen LogP contribution is -2.11. The molecule has 0 aliphatic carbocycles. The number of ether oxygens (including phenoxy) is 1. The molecular formula is C18H14N2O2. The zero-order chi connectivity index (χ0) is 15.2. The third-order valence-electron chi connectivity index (χ3n) is 3.00. The van der Waals surface area contributed by atoms with Gasteiger partial charge in [-0.1, -0.05) is 36.4 Å². The van der Waals surface area contributed by atoms with Gasteiger partial charge in [0.05, 0.1) is 11.9 Å². The number of nitrogens with one attached hydrogen (secondary N) is 1. The van der Waals surface area contributed by atoms with Gasteiger partial charge < -0.3 is 10.1 Å². The summed E-state index contributed by atoms with van der Waals surface area (Å²) in [7, 11) is 0. The minimum Gasteiger partial charge on any atom is -0.439 e. The van der Waals surface area contributed by atoms with Gasteiger partial charge in [-0.25, -0.2) is 4.98 Å². The average molecular weight is 290 g/mol. The number of para-hydroxylation sites is 1. The summed E-state index contributed by atoms with van der Waals surface area (Å²) in [5.41, 5.74) is 1.22. The molecule has 22 heavy (non-hydrogen) atoms. The van der Waals surface area contributed by atoms with Crippen LogP contribution in [0.1, 0.15) is 10.4 Å². The summed E-state index contributed by atoms with van der Waals surface area (Å²) in [6, 6.07) is 21.9. The molecule has 0 radical (unpaired) electrons. The van der Waals surface area contributed by atoms with E-state index in [4.69, 9.17) is 4.74 Å². The van der Waals surface area contributed by atoms with E-state index in [2.05, 4.69) is 10.3 Å². The Kier molecular flexibility index (Phi) is 4.11. The molecule has 0 atom stereocenters. The molecule has 0 aliphatic rings. The Labute approximate surface area is 128 Å². The van der Waals surface area contributed by atoms with Gasteiger partial charge in [0.25, 0.3) is 5.91 Å². The predicted molar refractivity (Wildman–Crippen MR) is 85.1 cm³/mol. The highest BCUT2D eigenvalue weighted by molar-refractivity contribution is 6.04. The fourth-order valence-electron chi connectivity index (χ4n) is 1.92. The molecule has 1 N–H and O–H groups in total. The topological polar surface area (TPSA) is 51.2 Å². The van der Waals surface area contributed by atoms with Gasteiger partial charge in [-0.15, -0.1) is 0 Å². The van der Waals surface area contributed by atoms with Gasteiger partial charge in [0, 0.05) is 11.6 Å². The largest absolute Gasteiger partial charge is 0.439 e. The van der Waals surface area contributed by atoms with Crippen molar-refractivity contribution in [3.8, 4) is 11.6 Å². The van der Waals surface area contributed by atoms with E-state index in [1.165, 1.54) is 0 Å². The van der Waals surface area contributed by atoms with Crippen molar-refractivity contribution in [1.29, 1.82) is 0 Å². The van der Waals surface area contributed by atoms with Crippen LogP contribution in [0.25, 0.3) is 0 Å². The number of carbonyl (C=O) groups excluding carboxylic acids is 1. The number of pyridine rings is 1. The maximum absolute atomic E-state index is 12.0. The summed E-state index contributed by atoms with van der Waals surface area (Å²) < 4.78 is 5.60. The highest BCUT2D eigenvalue weighted by Crippen LogP contribution is 2.20. The van der Waals surface area contributed by atoms with Gasteiger partial charge >= 0.3 is 0 Å². The van der Waals surface area contributed by atoms with Crippen LogP contribution in [-0.4, -0.2) is 10.9 Å². The number of amides is 1. The van der Waals surface area contributed by atoms with Crippen molar-refractivity contribution in [2.75, 3.05) is 5.32 Å². The van der Waals surface area contributed by atoms with Crippen molar-refractivity contribution in [2.45, 2.75) is 0 Å². The van der Waals surface area contributed by atoms with E-state index in [1.807, 2.05) is 48.5 Å². The normalized spacial score (nSPS) is 10.0. The Bertz CT molecular complexity index is 741. The summed E-state index contributed by atoms with van der Waals surface area (Å²) in [5.74, 6) is 1.03.